The van der Waals surface area contributed by atoms with Crippen LogP contribution in [0.1, 0.15) is 29.0 Å². The summed E-state index contributed by atoms with van der Waals surface area (Å²) in [6, 6.07) is 9.66. The number of carbonyl (C=O) groups is 1. The minimum Gasteiger partial charge on any atom is -0.467 e. The molecular formula is C16H15N3O2. The molecule has 1 saturated carbocycles. The minimum atomic E-state index is 0.0467. The monoisotopic (exact) mass is 281 g/mol. The molecule has 4 rings (SSSR count). The second kappa shape index (κ2) is 4.77. The number of nitrogens with one attached hydrogen (secondary N) is 1. The number of aromatic nitrogens is 2. The number of fused-ring (bicyclic) bond motifs is 1. The third-order valence-electron chi connectivity index (χ3n) is 3.82. The van der Waals surface area contributed by atoms with Crippen molar-refractivity contribution in [2.75, 3.05) is 0 Å². The lowest BCUT2D eigenvalue weighted by Crippen LogP contribution is -2.32. The van der Waals surface area contributed by atoms with Crippen LogP contribution in [-0.4, -0.2) is 26.8 Å². The van der Waals surface area contributed by atoms with Gasteiger partial charge in [0.1, 0.15) is 5.76 Å². The number of furan rings is 1. The van der Waals surface area contributed by atoms with Gasteiger partial charge in [0.15, 0.2) is 0 Å². The van der Waals surface area contributed by atoms with E-state index in [2.05, 4.69) is 9.97 Å². The summed E-state index contributed by atoms with van der Waals surface area (Å²) in [5, 5.41) is 0. The number of imidazole rings is 1. The second-order valence-corrected chi connectivity index (χ2v) is 5.38. The normalized spacial score (nSPS) is 14.5. The van der Waals surface area contributed by atoms with Crippen molar-refractivity contribution < 1.29 is 9.21 Å². The fourth-order valence-electron chi connectivity index (χ4n) is 2.56. The molecule has 1 N–H and O–H groups in total. The van der Waals surface area contributed by atoms with Gasteiger partial charge in [0, 0.05) is 11.6 Å². The molecule has 1 aliphatic rings. The van der Waals surface area contributed by atoms with Crippen molar-refractivity contribution in [3.63, 3.8) is 0 Å². The number of rotatable bonds is 4. The Hall–Kier alpha value is -2.56. The summed E-state index contributed by atoms with van der Waals surface area (Å²) in [6.45, 7) is 0.525. The van der Waals surface area contributed by atoms with E-state index in [9.17, 15) is 4.79 Å². The smallest absolute Gasteiger partial charge is 0.254 e. The maximum atomic E-state index is 12.8. The third-order valence-corrected chi connectivity index (χ3v) is 3.82. The van der Waals surface area contributed by atoms with Crippen LogP contribution in [-0.2, 0) is 6.54 Å². The number of hydrogen-bond donors (Lipinski definition) is 1. The Morgan fingerprint density at radius 2 is 2.29 bits per heavy atom. The van der Waals surface area contributed by atoms with Crippen LogP contribution in [0.3, 0.4) is 0 Å². The van der Waals surface area contributed by atoms with Crippen molar-refractivity contribution in [3.05, 3.63) is 54.2 Å². The fourth-order valence-corrected chi connectivity index (χ4v) is 2.56. The van der Waals surface area contributed by atoms with Gasteiger partial charge in [-0.2, -0.15) is 0 Å². The second-order valence-electron chi connectivity index (χ2n) is 5.38. The van der Waals surface area contributed by atoms with Gasteiger partial charge in [0.05, 0.1) is 30.2 Å². The number of benzene rings is 1. The van der Waals surface area contributed by atoms with E-state index in [4.69, 9.17) is 4.42 Å². The Morgan fingerprint density at radius 1 is 1.38 bits per heavy atom. The lowest BCUT2D eigenvalue weighted by atomic mass is 10.1. The van der Waals surface area contributed by atoms with Crippen molar-refractivity contribution in [3.8, 4) is 0 Å². The van der Waals surface area contributed by atoms with E-state index in [1.165, 1.54) is 0 Å². The molecule has 0 bridgehead atoms. The summed E-state index contributed by atoms with van der Waals surface area (Å²) in [4.78, 5) is 21.9. The Kier molecular flexibility index (Phi) is 2.77. The summed E-state index contributed by atoms with van der Waals surface area (Å²) in [7, 11) is 0. The van der Waals surface area contributed by atoms with Gasteiger partial charge in [-0.25, -0.2) is 4.98 Å². The van der Waals surface area contributed by atoms with Gasteiger partial charge in [0.25, 0.3) is 5.91 Å². The zero-order valence-electron chi connectivity index (χ0n) is 11.5. The number of aromatic amines is 1. The lowest BCUT2D eigenvalue weighted by molar-refractivity contribution is 0.0717. The van der Waals surface area contributed by atoms with E-state index in [1.807, 2.05) is 35.2 Å². The largest absolute Gasteiger partial charge is 0.467 e. The van der Waals surface area contributed by atoms with Crippen molar-refractivity contribution >= 4 is 16.9 Å². The summed E-state index contributed by atoms with van der Waals surface area (Å²) in [6.07, 6.45) is 5.42. The van der Waals surface area contributed by atoms with E-state index >= 15 is 0 Å². The van der Waals surface area contributed by atoms with Gasteiger partial charge >= 0.3 is 0 Å². The van der Waals surface area contributed by atoms with Crippen molar-refractivity contribution in [2.45, 2.75) is 25.4 Å². The van der Waals surface area contributed by atoms with Crippen LogP contribution in [0, 0.1) is 0 Å². The summed E-state index contributed by atoms with van der Waals surface area (Å²) in [5.41, 5.74) is 2.44. The maximum absolute atomic E-state index is 12.8. The van der Waals surface area contributed by atoms with Gasteiger partial charge in [-0.05, 0) is 43.2 Å². The van der Waals surface area contributed by atoms with E-state index in [0.29, 0.717) is 18.2 Å². The molecule has 0 radical (unpaired) electrons. The Bertz CT molecular complexity index is 772. The molecule has 1 aliphatic carbocycles. The molecule has 0 aliphatic heterocycles. The Morgan fingerprint density at radius 3 is 3.05 bits per heavy atom. The van der Waals surface area contributed by atoms with Gasteiger partial charge in [0.2, 0.25) is 0 Å². The lowest BCUT2D eigenvalue weighted by Gasteiger charge is -2.21. The van der Waals surface area contributed by atoms with Gasteiger partial charge in [-0.15, -0.1) is 0 Å². The molecular weight excluding hydrogens is 266 g/mol. The first-order valence-corrected chi connectivity index (χ1v) is 7.08. The molecule has 0 spiro atoms. The van der Waals surface area contributed by atoms with Crippen LogP contribution in [0.25, 0.3) is 11.0 Å². The number of nitrogens with zero attached hydrogens (tertiary/aromatic N) is 2. The molecule has 21 heavy (non-hydrogen) atoms. The highest BCUT2D eigenvalue weighted by Crippen LogP contribution is 2.30. The number of carbonyl (C=O) groups excluding carboxylic acids is 1. The van der Waals surface area contributed by atoms with Gasteiger partial charge < -0.3 is 14.3 Å². The maximum Gasteiger partial charge on any atom is 0.254 e. The Balaban J connectivity index is 1.63. The van der Waals surface area contributed by atoms with Crippen LogP contribution in [0.4, 0.5) is 0 Å². The highest BCUT2D eigenvalue weighted by atomic mass is 16.3. The van der Waals surface area contributed by atoms with Crippen LogP contribution < -0.4 is 0 Å². The van der Waals surface area contributed by atoms with Gasteiger partial charge in [-0.1, -0.05) is 0 Å². The van der Waals surface area contributed by atoms with Crippen LogP contribution in [0.2, 0.25) is 0 Å². The molecule has 3 aromatic rings. The predicted octanol–water partition coefficient (Wildman–Crippen LogP) is 2.96. The summed E-state index contributed by atoms with van der Waals surface area (Å²) in [5.74, 6) is 0.864. The number of amides is 1. The highest BCUT2D eigenvalue weighted by Gasteiger charge is 2.33. The van der Waals surface area contributed by atoms with E-state index < -0.39 is 0 Å². The quantitative estimate of drug-likeness (QED) is 0.799. The van der Waals surface area contributed by atoms with Crippen molar-refractivity contribution in [1.29, 1.82) is 0 Å². The molecule has 5 nitrogen and oxygen atoms in total. The average Bonchev–Trinajstić information content (AvgIpc) is 3.02. The van der Waals surface area contributed by atoms with Crippen molar-refractivity contribution in [1.82, 2.24) is 14.9 Å². The van der Waals surface area contributed by atoms with Gasteiger partial charge in [-0.3, -0.25) is 4.79 Å². The first-order valence-electron chi connectivity index (χ1n) is 7.08. The summed E-state index contributed by atoms with van der Waals surface area (Å²) >= 11 is 0. The first-order chi connectivity index (χ1) is 10.3. The third kappa shape index (κ3) is 2.31. The zero-order chi connectivity index (χ0) is 14.2. The molecule has 0 unspecified atom stereocenters. The van der Waals surface area contributed by atoms with E-state index in [-0.39, 0.29) is 5.91 Å². The SMILES string of the molecule is O=C(c1ccc2nc[nH]c2c1)N(Cc1ccco1)C1CC1. The zero-order valence-corrected chi connectivity index (χ0v) is 11.5. The van der Waals surface area contributed by atoms with Crippen LogP contribution >= 0.6 is 0 Å². The topological polar surface area (TPSA) is 62.1 Å². The van der Waals surface area contributed by atoms with Crippen LogP contribution in [0.5, 0.6) is 0 Å². The highest BCUT2D eigenvalue weighted by molar-refractivity contribution is 5.97. The molecule has 0 saturated heterocycles. The van der Waals surface area contributed by atoms with Crippen molar-refractivity contribution in [2.24, 2.45) is 0 Å². The molecule has 106 valence electrons. The molecule has 1 amide bonds. The fraction of sp³-hybridized carbons (Fsp3) is 0.250. The minimum absolute atomic E-state index is 0.0467. The Labute approximate surface area is 121 Å². The standard InChI is InChI=1S/C16H15N3O2/c20-16(11-3-6-14-15(8-11)18-10-17-14)19(12-4-5-12)9-13-2-1-7-21-13/h1-3,6-8,10,12H,4-5,9H2,(H,17,18). The van der Waals surface area contributed by atoms with E-state index in [1.54, 1.807) is 12.6 Å². The molecule has 5 heteroatoms. The van der Waals surface area contributed by atoms with Crippen LogP contribution in [0.15, 0.2) is 47.3 Å². The number of H-pyrrole nitrogens is 1. The molecule has 2 aromatic heterocycles. The van der Waals surface area contributed by atoms with E-state index in [0.717, 1.165) is 29.6 Å². The predicted molar refractivity (Wildman–Crippen MR) is 77.7 cm³/mol. The first kappa shape index (κ1) is 12.2. The molecule has 0 atom stereocenters. The average molecular weight is 281 g/mol. The number of hydrogen-bond acceptors (Lipinski definition) is 3. The summed E-state index contributed by atoms with van der Waals surface area (Å²) < 4.78 is 5.38. The molecule has 2 heterocycles. The molecule has 1 fully saturated rings. The molecule has 1 aromatic carbocycles.